The zero-order valence-corrected chi connectivity index (χ0v) is 11.7. The number of benzene rings is 1. The van der Waals surface area contributed by atoms with Crippen LogP contribution in [0.2, 0.25) is 0 Å². The van der Waals surface area contributed by atoms with E-state index < -0.39 is 22.4 Å². The highest BCUT2D eigenvalue weighted by Crippen LogP contribution is 2.19. The van der Waals surface area contributed by atoms with Crippen LogP contribution < -0.4 is 5.32 Å². The van der Waals surface area contributed by atoms with E-state index in [-0.39, 0.29) is 16.2 Å². The molecule has 3 atom stereocenters. The summed E-state index contributed by atoms with van der Waals surface area (Å²) in [6, 6.07) is 3.39. The molecule has 0 heterocycles. The summed E-state index contributed by atoms with van der Waals surface area (Å²) in [6.45, 7) is 6.65. The second-order valence-electron chi connectivity index (χ2n) is 4.38. The van der Waals surface area contributed by atoms with E-state index in [0.29, 0.717) is 6.42 Å². The zero-order valence-electron chi connectivity index (χ0n) is 10.9. The predicted molar refractivity (Wildman–Crippen MR) is 70.0 cm³/mol. The van der Waals surface area contributed by atoms with Crippen LogP contribution in [-0.4, -0.2) is 22.0 Å². The summed E-state index contributed by atoms with van der Waals surface area (Å²) in [5.41, 5.74) is 0. The summed E-state index contributed by atoms with van der Waals surface area (Å²) in [5, 5.41) is 3.04. The maximum Gasteiger partial charge on any atom is 0.142 e. The molecule has 0 bridgehead atoms. The number of hydrogen-bond donors (Lipinski definition) is 1. The van der Waals surface area contributed by atoms with Gasteiger partial charge < -0.3 is 5.32 Å². The lowest BCUT2D eigenvalue weighted by Gasteiger charge is -2.17. The fraction of sp³-hybridized carbons (Fsp3) is 0.538. The van der Waals surface area contributed by atoms with E-state index in [4.69, 9.17) is 0 Å². The van der Waals surface area contributed by atoms with Gasteiger partial charge in [0.1, 0.15) is 11.6 Å². The normalized spacial score (nSPS) is 16.3. The minimum atomic E-state index is -1.45. The molecule has 0 aliphatic heterocycles. The van der Waals surface area contributed by atoms with Crippen LogP contribution in [-0.2, 0) is 10.8 Å². The summed E-state index contributed by atoms with van der Waals surface area (Å²) in [4.78, 5) is 0.0765. The van der Waals surface area contributed by atoms with Crippen LogP contribution in [0.1, 0.15) is 27.2 Å². The first-order valence-corrected chi connectivity index (χ1v) is 7.26. The average molecular weight is 275 g/mol. The first kappa shape index (κ1) is 15.2. The third-order valence-corrected chi connectivity index (χ3v) is 4.40. The van der Waals surface area contributed by atoms with Crippen molar-refractivity contribution in [1.29, 1.82) is 0 Å². The third kappa shape index (κ3) is 4.14. The van der Waals surface area contributed by atoms with Crippen molar-refractivity contribution in [2.45, 2.75) is 43.4 Å². The lowest BCUT2D eigenvalue weighted by atomic mass is 10.2. The standard InChI is InChI=1S/C13H19F2NOS/c1-4-16-9(2)7-10(3)18(17)13-6-5-11(14)8-12(13)15/h5-6,8-10,16H,4,7H2,1-3H3. The van der Waals surface area contributed by atoms with E-state index in [9.17, 15) is 13.0 Å². The average Bonchev–Trinajstić information content (AvgIpc) is 2.28. The lowest BCUT2D eigenvalue weighted by molar-refractivity contribution is 0.521. The van der Waals surface area contributed by atoms with E-state index in [0.717, 1.165) is 18.7 Å². The van der Waals surface area contributed by atoms with E-state index >= 15 is 0 Å². The highest BCUT2D eigenvalue weighted by molar-refractivity contribution is 7.85. The number of halogens is 2. The Labute approximate surface area is 109 Å². The second kappa shape index (κ2) is 6.95. The Morgan fingerprint density at radius 1 is 1.33 bits per heavy atom. The summed E-state index contributed by atoms with van der Waals surface area (Å²) >= 11 is 0. The van der Waals surface area contributed by atoms with Gasteiger partial charge >= 0.3 is 0 Å². The Hall–Kier alpha value is -0.810. The van der Waals surface area contributed by atoms with Gasteiger partial charge in [-0.2, -0.15) is 0 Å². The molecule has 3 unspecified atom stereocenters. The van der Waals surface area contributed by atoms with Gasteiger partial charge in [-0.15, -0.1) is 0 Å². The monoisotopic (exact) mass is 275 g/mol. The summed E-state index contributed by atoms with van der Waals surface area (Å²) in [7, 11) is -1.45. The molecule has 1 N–H and O–H groups in total. The largest absolute Gasteiger partial charge is 0.314 e. The van der Waals surface area contributed by atoms with Crippen LogP contribution in [0.5, 0.6) is 0 Å². The molecule has 0 aliphatic carbocycles. The maximum absolute atomic E-state index is 13.5. The van der Waals surface area contributed by atoms with Gasteiger partial charge in [-0.05, 0) is 32.0 Å². The molecule has 0 aliphatic rings. The topological polar surface area (TPSA) is 29.1 Å². The van der Waals surface area contributed by atoms with Gasteiger partial charge in [-0.25, -0.2) is 8.78 Å². The lowest BCUT2D eigenvalue weighted by Crippen LogP contribution is -2.30. The molecule has 0 radical (unpaired) electrons. The fourth-order valence-corrected chi connectivity index (χ4v) is 3.22. The van der Waals surface area contributed by atoms with Gasteiger partial charge in [-0.1, -0.05) is 13.8 Å². The molecule has 0 saturated heterocycles. The quantitative estimate of drug-likeness (QED) is 0.865. The van der Waals surface area contributed by atoms with Gasteiger partial charge in [0.2, 0.25) is 0 Å². The Bertz CT molecular complexity index is 425. The molecule has 0 spiro atoms. The molecule has 5 heteroatoms. The van der Waals surface area contributed by atoms with Crippen molar-refractivity contribution in [3.8, 4) is 0 Å². The minimum Gasteiger partial charge on any atom is -0.314 e. The van der Waals surface area contributed by atoms with Gasteiger partial charge in [-0.3, -0.25) is 4.21 Å². The van der Waals surface area contributed by atoms with E-state index in [2.05, 4.69) is 5.32 Å². The van der Waals surface area contributed by atoms with Crippen LogP contribution in [0.3, 0.4) is 0 Å². The smallest absolute Gasteiger partial charge is 0.142 e. The number of nitrogens with one attached hydrogen (secondary N) is 1. The van der Waals surface area contributed by atoms with Crippen LogP contribution >= 0.6 is 0 Å². The molecule has 1 aromatic carbocycles. The SMILES string of the molecule is CCNC(C)CC(C)S(=O)c1ccc(F)cc1F. The van der Waals surface area contributed by atoms with Crippen LogP contribution in [0.4, 0.5) is 8.78 Å². The molecule has 0 saturated carbocycles. The second-order valence-corrected chi connectivity index (χ2v) is 6.22. The van der Waals surface area contributed by atoms with Gasteiger partial charge in [0.15, 0.2) is 0 Å². The number of rotatable bonds is 6. The van der Waals surface area contributed by atoms with E-state index in [1.807, 2.05) is 20.8 Å². The Balaban J connectivity index is 2.74. The van der Waals surface area contributed by atoms with Crippen LogP contribution in [0.25, 0.3) is 0 Å². The summed E-state index contributed by atoms with van der Waals surface area (Å²) < 4.78 is 38.4. The first-order chi connectivity index (χ1) is 8.45. The van der Waals surface area contributed by atoms with Gasteiger partial charge in [0, 0.05) is 17.4 Å². The molecule has 0 amide bonds. The van der Waals surface area contributed by atoms with Crippen molar-refractivity contribution in [2.75, 3.05) is 6.54 Å². The molecule has 102 valence electrons. The summed E-state index contributed by atoms with van der Waals surface area (Å²) in [6.07, 6.45) is 0.678. The molecule has 1 aromatic rings. The zero-order chi connectivity index (χ0) is 13.7. The maximum atomic E-state index is 13.5. The first-order valence-electron chi connectivity index (χ1n) is 6.04. The Morgan fingerprint density at radius 3 is 2.56 bits per heavy atom. The highest BCUT2D eigenvalue weighted by atomic mass is 32.2. The van der Waals surface area contributed by atoms with Gasteiger partial charge in [0.05, 0.1) is 15.7 Å². The molecular formula is C13H19F2NOS. The Morgan fingerprint density at radius 2 is 2.00 bits per heavy atom. The van der Waals surface area contributed by atoms with Gasteiger partial charge in [0.25, 0.3) is 0 Å². The van der Waals surface area contributed by atoms with Crippen molar-refractivity contribution in [3.63, 3.8) is 0 Å². The van der Waals surface area contributed by atoms with Crippen molar-refractivity contribution in [3.05, 3.63) is 29.8 Å². The fourth-order valence-electron chi connectivity index (χ4n) is 1.87. The predicted octanol–water partition coefficient (Wildman–Crippen LogP) is 2.85. The molecule has 2 nitrogen and oxygen atoms in total. The molecular weight excluding hydrogens is 256 g/mol. The minimum absolute atomic E-state index is 0.0765. The van der Waals surface area contributed by atoms with E-state index in [1.165, 1.54) is 6.07 Å². The van der Waals surface area contributed by atoms with Crippen LogP contribution in [0.15, 0.2) is 23.1 Å². The Kier molecular flexibility index (Phi) is 5.88. The molecule has 18 heavy (non-hydrogen) atoms. The number of hydrogen-bond acceptors (Lipinski definition) is 2. The van der Waals surface area contributed by atoms with Crippen molar-refractivity contribution in [1.82, 2.24) is 5.32 Å². The van der Waals surface area contributed by atoms with Crippen molar-refractivity contribution < 1.29 is 13.0 Å². The van der Waals surface area contributed by atoms with Crippen LogP contribution in [0, 0.1) is 11.6 Å². The highest BCUT2D eigenvalue weighted by Gasteiger charge is 2.19. The van der Waals surface area contributed by atoms with Crippen molar-refractivity contribution in [2.24, 2.45) is 0 Å². The summed E-state index contributed by atoms with van der Waals surface area (Å²) in [5.74, 6) is -1.39. The molecule has 0 fully saturated rings. The molecule has 0 aromatic heterocycles. The van der Waals surface area contributed by atoms with Crippen molar-refractivity contribution >= 4 is 10.8 Å². The molecule has 1 rings (SSSR count). The third-order valence-electron chi connectivity index (χ3n) is 2.71. The van der Waals surface area contributed by atoms with E-state index in [1.54, 1.807) is 0 Å².